The number of amides is 2. The van der Waals surface area contributed by atoms with Gasteiger partial charge in [0.25, 0.3) is 5.91 Å². The standard InChI is InChI=1S/C16H19N3O2S/c1-11-15(16(21)18-9-8-17-12(2)20)22-14(19-11)10-13-6-4-3-5-7-13/h3-7H,8-10H2,1-2H3,(H,17,20)(H,18,21). The lowest BCUT2D eigenvalue weighted by molar-refractivity contribution is -0.118. The highest BCUT2D eigenvalue weighted by Gasteiger charge is 2.15. The monoisotopic (exact) mass is 317 g/mol. The van der Waals surface area contributed by atoms with Crippen LogP contribution < -0.4 is 10.6 Å². The second kappa shape index (κ2) is 7.70. The first-order chi connectivity index (χ1) is 10.6. The summed E-state index contributed by atoms with van der Waals surface area (Å²) in [5.41, 5.74) is 1.92. The van der Waals surface area contributed by atoms with Crippen LogP contribution in [0, 0.1) is 6.92 Å². The molecule has 2 aromatic rings. The molecule has 0 aliphatic carbocycles. The van der Waals surface area contributed by atoms with Crippen LogP contribution in [0.5, 0.6) is 0 Å². The molecule has 0 saturated carbocycles. The van der Waals surface area contributed by atoms with Crippen molar-refractivity contribution in [1.82, 2.24) is 15.6 Å². The normalized spacial score (nSPS) is 10.3. The third-order valence-corrected chi connectivity index (χ3v) is 4.19. The summed E-state index contributed by atoms with van der Waals surface area (Å²) in [4.78, 5) is 28.0. The van der Waals surface area contributed by atoms with E-state index in [1.807, 2.05) is 37.3 Å². The number of nitrogens with zero attached hydrogens (tertiary/aromatic N) is 1. The molecule has 2 rings (SSSR count). The van der Waals surface area contributed by atoms with E-state index in [0.29, 0.717) is 18.0 Å². The summed E-state index contributed by atoms with van der Waals surface area (Å²) in [5.74, 6) is -0.243. The van der Waals surface area contributed by atoms with Crippen LogP contribution in [-0.4, -0.2) is 29.9 Å². The van der Waals surface area contributed by atoms with E-state index in [1.54, 1.807) is 0 Å². The maximum Gasteiger partial charge on any atom is 0.263 e. The lowest BCUT2D eigenvalue weighted by Crippen LogP contribution is -2.33. The Morgan fingerprint density at radius 2 is 1.82 bits per heavy atom. The van der Waals surface area contributed by atoms with Crippen molar-refractivity contribution in [1.29, 1.82) is 0 Å². The number of thiazole rings is 1. The molecule has 0 bridgehead atoms. The third-order valence-electron chi connectivity index (χ3n) is 3.03. The van der Waals surface area contributed by atoms with Crippen LogP contribution in [0.2, 0.25) is 0 Å². The van der Waals surface area contributed by atoms with E-state index in [4.69, 9.17) is 0 Å². The van der Waals surface area contributed by atoms with Crippen LogP contribution in [0.4, 0.5) is 0 Å². The lowest BCUT2D eigenvalue weighted by atomic mass is 10.2. The Hall–Kier alpha value is -2.21. The van der Waals surface area contributed by atoms with E-state index in [2.05, 4.69) is 15.6 Å². The first-order valence-corrected chi connectivity index (χ1v) is 7.91. The molecule has 0 atom stereocenters. The fraction of sp³-hybridized carbons (Fsp3) is 0.312. The van der Waals surface area contributed by atoms with Gasteiger partial charge in [0, 0.05) is 26.4 Å². The van der Waals surface area contributed by atoms with Gasteiger partial charge in [0.2, 0.25) is 5.91 Å². The number of hydrogen-bond acceptors (Lipinski definition) is 4. The summed E-state index contributed by atoms with van der Waals surface area (Å²) < 4.78 is 0. The highest BCUT2D eigenvalue weighted by molar-refractivity contribution is 7.13. The molecule has 0 aliphatic heterocycles. The molecular weight excluding hydrogens is 298 g/mol. The van der Waals surface area contributed by atoms with Gasteiger partial charge in [0.1, 0.15) is 4.88 Å². The third kappa shape index (κ3) is 4.66. The van der Waals surface area contributed by atoms with Crippen molar-refractivity contribution in [3.8, 4) is 0 Å². The number of carbonyl (C=O) groups is 2. The van der Waals surface area contributed by atoms with Crippen molar-refractivity contribution < 1.29 is 9.59 Å². The zero-order chi connectivity index (χ0) is 15.9. The molecule has 116 valence electrons. The molecule has 0 unspecified atom stereocenters. The minimum atomic E-state index is -0.139. The predicted molar refractivity (Wildman–Crippen MR) is 87.1 cm³/mol. The fourth-order valence-electron chi connectivity index (χ4n) is 2.00. The number of aryl methyl sites for hydroxylation is 1. The van der Waals surface area contributed by atoms with Gasteiger partial charge in [-0.25, -0.2) is 4.98 Å². The molecule has 0 spiro atoms. The summed E-state index contributed by atoms with van der Waals surface area (Å²) in [6, 6.07) is 10.1. The van der Waals surface area contributed by atoms with E-state index in [0.717, 1.165) is 17.1 Å². The number of aromatic nitrogens is 1. The summed E-state index contributed by atoms with van der Waals surface area (Å²) in [6.45, 7) is 4.12. The van der Waals surface area contributed by atoms with Crippen LogP contribution in [-0.2, 0) is 11.2 Å². The molecule has 1 heterocycles. The van der Waals surface area contributed by atoms with E-state index in [9.17, 15) is 9.59 Å². The Bertz CT molecular complexity index is 653. The minimum absolute atomic E-state index is 0.103. The molecule has 6 heteroatoms. The average Bonchev–Trinajstić information content (AvgIpc) is 2.85. The van der Waals surface area contributed by atoms with Gasteiger partial charge in [-0.2, -0.15) is 0 Å². The zero-order valence-electron chi connectivity index (χ0n) is 12.7. The second-order valence-electron chi connectivity index (χ2n) is 4.92. The molecule has 2 N–H and O–H groups in total. The van der Waals surface area contributed by atoms with E-state index < -0.39 is 0 Å². The topological polar surface area (TPSA) is 71.1 Å². The maximum atomic E-state index is 12.1. The van der Waals surface area contributed by atoms with Gasteiger partial charge >= 0.3 is 0 Å². The van der Waals surface area contributed by atoms with Crippen molar-refractivity contribution in [3.63, 3.8) is 0 Å². The van der Waals surface area contributed by atoms with Crippen molar-refractivity contribution in [2.45, 2.75) is 20.3 Å². The number of benzene rings is 1. The van der Waals surface area contributed by atoms with E-state index >= 15 is 0 Å². The lowest BCUT2D eigenvalue weighted by Gasteiger charge is -2.04. The Labute approximate surface area is 133 Å². The molecular formula is C16H19N3O2S. The molecule has 0 saturated heterocycles. The van der Waals surface area contributed by atoms with Crippen molar-refractivity contribution >= 4 is 23.2 Å². The quantitative estimate of drug-likeness (QED) is 0.800. The van der Waals surface area contributed by atoms with Crippen molar-refractivity contribution in [2.24, 2.45) is 0 Å². The van der Waals surface area contributed by atoms with Gasteiger partial charge in [-0.05, 0) is 12.5 Å². The molecule has 2 amide bonds. The average molecular weight is 317 g/mol. The molecule has 0 fully saturated rings. The Kier molecular flexibility index (Phi) is 5.66. The zero-order valence-corrected chi connectivity index (χ0v) is 13.5. The Morgan fingerprint density at radius 1 is 1.14 bits per heavy atom. The van der Waals surface area contributed by atoms with Gasteiger partial charge in [0.05, 0.1) is 10.7 Å². The largest absolute Gasteiger partial charge is 0.355 e. The van der Waals surface area contributed by atoms with Crippen LogP contribution >= 0.6 is 11.3 Å². The summed E-state index contributed by atoms with van der Waals surface area (Å²) in [5, 5.41) is 6.35. The highest BCUT2D eigenvalue weighted by Crippen LogP contribution is 2.20. The van der Waals surface area contributed by atoms with E-state index in [1.165, 1.54) is 23.8 Å². The fourth-order valence-corrected chi connectivity index (χ4v) is 3.02. The van der Waals surface area contributed by atoms with Gasteiger partial charge < -0.3 is 10.6 Å². The van der Waals surface area contributed by atoms with E-state index in [-0.39, 0.29) is 11.8 Å². The molecule has 22 heavy (non-hydrogen) atoms. The molecule has 5 nitrogen and oxygen atoms in total. The maximum absolute atomic E-state index is 12.1. The van der Waals surface area contributed by atoms with Gasteiger partial charge in [0.15, 0.2) is 0 Å². The van der Waals surface area contributed by atoms with Gasteiger partial charge in [-0.1, -0.05) is 30.3 Å². The van der Waals surface area contributed by atoms with Crippen LogP contribution in [0.25, 0.3) is 0 Å². The molecule has 0 aliphatic rings. The van der Waals surface area contributed by atoms with Crippen molar-refractivity contribution in [3.05, 3.63) is 51.5 Å². The number of nitrogens with one attached hydrogen (secondary N) is 2. The van der Waals surface area contributed by atoms with Crippen LogP contribution in [0.1, 0.15) is 32.9 Å². The summed E-state index contributed by atoms with van der Waals surface area (Å²) in [6.07, 6.45) is 0.728. The smallest absolute Gasteiger partial charge is 0.263 e. The minimum Gasteiger partial charge on any atom is -0.355 e. The van der Waals surface area contributed by atoms with Gasteiger partial charge in [-0.15, -0.1) is 11.3 Å². The number of hydrogen-bond donors (Lipinski definition) is 2. The first kappa shape index (κ1) is 16.2. The first-order valence-electron chi connectivity index (χ1n) is 7.09. The molecule has 1 aromatic carbocycles. The highest BCUT2D eigenvalue weighted by atomic mass is 32.1. The summed E-state index contributed by atoms with van der Waals surface area (Å²) >= 11 is 1.42. The Balaban J connectivity index is 1.94. The predicted octanol–water partition coefficient (Wildman–Crippen LogP) is 1.91. The number of rotatable bonds is 6. The number of carbonyl (C=O) groups excluding carboxylic acids is 2. The second-order valence-corrected chi connectivity index (χ2v) is 6.01. The molecule has 1 aromatic heterocycles. The molecule has 0 radical (unpaired) electrons. The van der Waals surface area contributed by atoms with Crippen LogP contribution in [0.15, 0.2) is 30.3 Å². The Morgan fingerprint density at radius 3 is 2.50 bits per heavy atom. The van der Waals surface area contributed by atoms with Gasteiger partial charge in [-0.3, -0.25) is 9.59 Å². The van der Waals surface area contributed by atoms with Crippen molar-refractivity contribution in [2.75, 3.05) is 13.1 Å². The SMILES string of the molecule is CC(=O)NCCNC(=O)c1sc(Cc2ccccc2)nc1C. The van der Waals surface area contributed by atoms with Crippen LogP contribution in [0.3, 0.4) is 0 Å². The summed E-state index contributed by atoms with van der Waals surface area (Å²) in [7, 11) is 0.